The van der Waals surface area contributed by atoms with Gasteiger partial charge >= 0.3 is 5.97 Å². The topological polar surface area (TPSA) is 60.4 Å². The minimum Gasteiger partial charge on any atom is -0.426 e. The molecule has 0 amide bonds. The van der Waals surface area contributed by atoms with Gasteiger partial charge in [0, 0.05) is 9.79 Å². The van der Waals surface area contributed by atoms with Crippen LogP contribution in [0.3, 0.4) is 0 Å². The van der Waals surface area contributed by atoms with Gasteiger partial charge in [0.15, 0.2) is 0 Å². The Kier molecular flexibility index (Phi) is 5.24. The lowest BCUT2D eigenvalue weighted by molar-refractivity contribution is -0.144. The van der Waals surface area contributed by atoms with E-state index in [0.29, 0.717) is 22.0 Å². The van der Waals surface area contributed by atoms with Gasteiger partial charge in [0.05, 0.1) is 15.2 Å². The number of ether oxygens (including phenoxy) is 1. The van der Waals surface area contributed by atoms with Gasteiger partial charge < -0.3 is 4.74 Å². The van der Waals surface area contributed by atoms with Gasteiger partial charge in [-0.25, -0.2) is 8.42 Å². The lowest BCUT2D eigenvalue weighted by Gasteiger charge is -2.31. The highest BCUT2D eigenvalue weighted by atomic mass is 32.2. The minimum absolute atomic E-state index is 0.261. The summed E-state index contributed by atoms with van der Waals surface area (Å²) in [5.74, 6) is 0.231. The fourth-order valence-electron chi connectivity index (χ4n) is 3.32. The van der Waals surface area contributed by atoms with Crippen LogP contribution in [0.4, 0.5) is 0 Å². The lowest BCUT2D eigenvalue weighted by Crippen LogP contribution is -2.28. The summed E-state index contributed by atoms with van der Waals surface area (Å²) in [5.41, 5.74) is -0.543. The number of carbonyl (C=O) groups excluding carboxylic acids is 1. The first-order valence-electron chi connectivity index (χ1n) is 9.81. The molecule has 4 nitrogen and oxygen atoms in total. The smallest absolute Gasteiger partial charge is 0.316 e. The third kappa shape index (κ3) is 3.44. The van der Waals surface area contributed by atoms with Crippen molar-refractivity contribution in [2.24, 2.45) is 5.41 Å². The predicted octanol–water partition coefficient (Wildman–Crippen LogP) is 5.65. The maximum Gasteiger partial charge on any atom is 0.316 e. The van der Waals surface area contributed by atoms with Gasteiger partial charge in [-0.05, 0) is 73.7 Å². The van der Waals surface area contributed by atoms with E-state index in [1.807, 2.05) is 57.2 Å². The van der Waals surface area contributed by atoms with Crippen LogP contribution in [0.25, 0.3) is 0 Å². The van der Waals surface area contributed by atoms with E-state index in [0.717, 1.165) is 14.7 Å². The van der Waals surface area contributed by atoms with Crippen LogP contribution in [0.2, 0.25) is 0 Å². The monoisotopic (exact) mass is 440 g/mol. The lowest BCUT2D eigenvalue weighted by atomic mass is 9.91. The van der Waals surface area contributed by atoms with Crippen molar-refractivity contribution >= 4 is 26.7 Å². The van der Waals surface area contributed by atoms with Crippen LogP contribution in [-0.4, -0.2) is 14.4 Å². The Balaban J connectivity index is 1.76. The second kappa shape index (κ2) is 7.60. The molecule has 0 atom stereocenters. The maximum absolute atomic E-state index is 13.1. The number of carbonyl (C=O) groups is 1. The molecule has 0 bridgehead atoms. The number of sulfone groups is 1. The fraction of sp³-hybridized carbons (Fsp3) is 0.208. The quantitative estimate of drug-likeness (QED) is 0.253. The van der Waals surface area contributed by atoms with Crippen molar-refractivity contribution in [3.05, 3.63) is 72.8 Å². The maximum atomic E-state index is 13.1. The Morgan fingerprint density at radius 1 is 0.867 bits per heavy atom. The molecule has 0 fully saturated rings. The summed E-state index contributed by atoms with van der Waals surface area (Å²) >= 11 is 0. The Morgan fingerprint density at radius 3 is 1.87 bits per heavy atom. The molecule has 0 aliphatic carbocycles. The number of hydrogen-bond donors (Lipinski definition) is 1. The molecule has 3 aromatic carbocycles. The Hall–Kier alpha value is -2.57. The summed E-state index contributed by atoms with van der Waals surface area (Å²) in [6, 6.07) is 21.9. The van der Waals surface area contributed by atoms with Crippen LogP contribution in [-0.2, 0) is 14.6 Å². The second-order valence-corrected chi connectivity index (χ2v) is 11.9. The van der Waals surface area contributed by atoms with Crippen LogP contribution in [0.1, 0.15) is 27.2 Å². The first kappa shape index (κ1) is 20.7. The second-order valence-electron chi connectivity index (χ2n) is 7.90. The zero-order valence-corrected chi connectivity index (χ0v) is 18.8. The van der Waals surface area contributed by atoms with Crippen molar-refractivity contribution < 1.29 is 17.9 Å². The summed E-state index contributed by atoms with van der Waals surface area (Å²) in [6.45, 7) is 5.69. The highest BCUT2D eigenvalue weighted by Crippen LogP contribution is 2.59. The normalized spacial score (nSPS) is 15.8. The van der Waals surface area contributed by atoms with Crippen LogP contribution in [0.5, 0.6) is 5.75 Å². The van der Waals surface area contributed by atoms with Gasteiger partial charge in [-0.1, -0.05) is 31.2 Å². The molecule has 0 saturated carbocycles. The number of rotatable bonds is 4. The molecule has 0 unspecified atom stereocenters. The van der Waals surface area contributed by atoms with Gasteiger partial charge in [0.2, 0.25) is 9.84 Å². The van der Waals surface area contributed by atoms with E-state index in [2.05, 4.69) is 0 Å². The first-order chi connectivity index (χ1) is 14.3. The molecule has 30 heavy (non-hydrogen) atoms. The zero-order chi connectivity index (χ0) is 21.5. The summed E-state index contributed by atoms with van der Waals surface area (Å²) in [6.07, 6.45) is 0.692. The van der Waals surface area contributed by atoms with Crippen LogP contribution < -0.4 is 4.74 Å². The largest absolute Gasteiger partial charge is 0.426 e. The highest BCUT2D eigenvalue weighted by Gasteiger charge is 2.34. The minimum atomic E-state index is -3.54. The standard InChI is InChI=1S/C24H24O4S2/c1-4-24(2,3)23(25)28-17-13-15-18(16-14-17)29-19-9-5-7-11-21(19)30(26,27)22-12-8-6-10-20(22)29/h5-16,29H,4H2,1-3H3. The van der Waals surface area contributed by atoms with Gasteiger partial charge in [0.25, 0.3) is 0 Å². The Labute approximate surface area is 180 Å². The van der Waals surface area contributed by atoms with Gasteiger partial charge in [-0.15, -0.1) is 0 Å². The molecule has 0 aromatic heterocycles. The molecule has 1 heterocycles. The number of hydrogen-bond acceptors (Lipinski definition) is 4. The summed E-state index contributed by atoms with van der Waals surface area (Å²) in [7, 11) is -4.57. The number of thiol groups is 1. The molecule has 3 aromatic rings. The number of fused-ring (bicyclic) bond motifs is 2. The SMILES string of the molecule is CCC(C)(C)C(=O)Oc1ccc([SH]2c3ccccc3S(=O)(=O)c3ccccc32)cc1. The Morgan fingerprint density at radius 2 is 1.37 bits per heavy atom. The first-order valence-corrected chi connectivity index (χ1v) is 12.6. The molecular formula is C24H24O4S2. The molecule has 1 aliphatic heterocycles. The molecule has 0 N–H and O–H groups in total. The van der Waals surface area contributed by atoms with Crippen molar-refractivity contribution in [3.8, 4) is 5.75 Å². The molecule has 156 valence electrons. The summed E-state index contributed by atoms with van der Waals surface area (Å²) in [4.78, 5) is 15.8. The molecule has 4 rings (SSSR count). The molecule has 1 aliphatic rings. The van der Waals surface area contributed by atoms with E-state index in [1.54, 1.807) is 36.4 Å². The van der Waals surface area contributed by atoms with Crippen LogP contribution >= 0.6 is 10.9 Å². The highest BCUT2D eigenvalue weighted by molar-refractivity contribution is 8.18. The van der Waals surface area contributed by atoms with Gasteiger partial charge in [-0.3, -0.25) is 4.79 Å². The van der Waals surface area contributed by atoms with Gasteiger partial charge in [0.1, 0.15) is 5.75 Å². The van der Waals surface area contributed by atoms with E-state index in [1.165, 1.54) is 0 Å². The molecule has 6 heteroatoms. The van der Waals surface area contributed by atoms with Crippen molar-refractivity contribution in [2.45, 2.75) is 51.7 Å². The molecule has 0 radical (unpaired) electrons. The average Bonchev–Trinajstić information content (AvgIpc) is 2.75. The molecule has 0 saturated heterocycles. The average molecular weight is 441 g/mol. The van der Waals surface area contributed by atoms with E-state index >= 15 is 0 Å². The van der Waals surface area contributed by atoms with E-state index in [4.69, 9.17) is 4.74 Å². The van der Waals surface area contributed by atoms with Gasteiger partial charge in [-0.2, -0.15) is 10.9 Å². The summed E-state index contributed by atoms with van der Waals surface area (Å²) < 4.78 is 31.8. The number of esters is 1. The zero-order valence-electron chi connectivity index (χ0n) is 17.1. The van der Waals surface area contributed by atoms with Crippen molar-refractivity contribution in [2.75, 3.05) is 0 Å². The van der Waals surface area contributed by atoms with E-state index in [9.17, 15) is 13.2 Å². The van der Waals surface area contributed by atoms with Crippen molar-refractivity contribution in [1.82, 2.24) is 0 Å². The predicted molar refractivity (Wildman–Crippen MR) is 118 cm³/mol. The molecular weight excluding hydrogens is 416 g/mol. The van der Waals surface area contributed by atoms with E-state index in [-0.39, 0.29) is 5.97 Å². The Bertz CT molecular complexity index is 1160. The third-order valence-corrected chi connectivity index (χ3v) is 10.3. The fourth-order valence-corrected chi connectivity index (χ4v) is 8.35. The molecule has 0 spiro atoms. The van der Waals surface area contributed by atoms with E-state index < -0.39 is 26.1 Å². The van der Waals surface area contributed by atoms with Crippen molar-refractivity contribution in [3.63, 3.8) is 0 Å². The summed E-state index contributed by atoms with van der Waals surface area (Å²) in [5, 5.41) is 0. The number of benzene rings is 3. The third-order valence-electron chi connectivity index (χ3n) is 5.53. The van der Waals surface area contributed by atoms with Crippen molar-refractivity contribution in [1.29, 1.82) is 0 Å². The van der Waals surface area contributed by atoms with Crippen LogP contribution in [0, 0.1) is 5.41 Å². The van der Waals surface area contributed by atoms with Crippen LogP contribution in [0.15, 0.2) is 97.3 Å².